The molecule has 3 N–H and O–H groups in total. The lowest BCUT2D eigenvalue weighted by Gasteiger charge is -2.09. The minimum absolute atomic E-state index is 0.0468. The van der Waals surface area contributed by atoms with Crippen LogP contribution in [0.5, 0.6) is 5.75 Å². The normalized spacial score (nSPS) is 10.1. The van der Waals surface area contributed by atoms with E-state index >= 15 is 0 Å². The summed E-state index contributed by atoms with van der Waals surface area (Å²) >= 11 is 5.81. The van der Waals surface area contributed by atoms with Crippen molar-refractivity contribution in [2.45, 2.75) is 6.42 Å². The molecular weight excluding hydrogens is 288 g/mol. The molecule has 0 atom stereocenters. The van der Waals surface area contributed by atoms with Gasteiger partial charge in [-0.1, -0.05) is 35.9 Å². The maximum absolute atomic E-state index is 11.7. The van der Waals surface area contributed by atoms with Crippen LogP contribution in [-0.2, 0) is 11.2 Å². The highest BCUT2D eigenvalue weighted by atomic mass is 35.5. The van der Waals surface area contributed by atoms with Crippen molar-refractivity contribution in [2.75, 3.05) is 18.9 Å². The van der Waals surface area contributed by atoms with Crippen molar-refractivity contribution in [3.8, 4) is 5.75 Å². The molecule has 5 heteroatoms. The van der Waals surface area contributed by atoms with E-state index in [1.807, 2.05) is 36.4 Å². The Kier molecular flexibility index (Phi) is 5.46. The largest absolute Gasteiger partial charge is 0.482 e. The van der Waals surface area contributed by atoms with Crippen molar-refractivity contribution in [3.63, 3.8) is 0 Å². The van der Waals surface area contributed by atoms with Crippen LogP contribution in [0.2, 0.25) is 5.02 Å². The average Bonchev–Trinajstić information content (AvgIpc) is 2.48. The van der Waals surface area contributed by atoms with E-state index in [4.69, 9.17) is 22.1 Å². The molecule has 0 aliphatic heterocycles. The minimum Gasteiger partial charge on any atom is -0.482 e. The van der Waals surface area contributed by atoms with Crippen LogP contribution in [0.25, 0.3) is 0 Å². The predicted molar refractivity (Wildman–Crippen MR) is 84.5 cm³/mol. The second-order valence-electron chi connectivity index (χ2n) is 4.55. The molecule has 0 saturated carbocycles. The maximum atomic E-state index is 11.7. The number of halogens is 1. The summed E-state index contributed by atoms with van der Waals surface area (Å²) in [6, 6.07) is 14.6. The Bertz CT molecular complexity index is 599. The summed E-state index contributed by atoms with van der Waals surface area (Å²) < 4.78 is 5.36. The first-order valence-electron chi connectivity index (χ1n) is 6.63. The minimum atomic E-state index is -0.174. The Labute approximate surface area is 128 Å². The number of benzene rings is 2. The molecule has 110 valence electrons. The van der Waals surface area contributed by atoms with Gasteiger partial charge in [-0.15, -0.1) is 0 Å². The summed E-state index contributed by atoms with van der Waals surface area (Å²) in [7, 11) is 0. The van der Waals surface area contributed by atoms with E-state index in [0.29, 0.717) is 23.0 Å². The SMILES string of the molecule is Nc1ccccc1OCC(=O)NCCc1ccc(Cl)cc1. The molecule has 21 heavy (non-hydrogen) atoms. The number of ether oxygens (including phenoxy) is 1. The highest BCUT2D eigenvalue weighted by Crippen LogP contribution is 2.19. The fourth-order valence-electron chi connectivity index (χ4n) is 1.80. The average molecular weight is 305 g/mol. The maximum Gasteiger partial charge on any atom is 0.257 e. The smallest absolute Gasteiger partial charge is 0.257 e. The van der Waals surface area contributed by atoms with Gasteiger partial charge in [-0.2, -0.15) is 0 Å². The summed E-state index contributed by atoms with van der Waals surface area (Å²) in [6.07, 6.45) is 0.746. The number of nitrogens with one attached hydrogen (secondary N) is 1. The third kappa shape index (κ3) is 5.00. The van der Waals surface area contributed by atoms with Crippen LogP contribution in [-0.4, -0.2) is 19.1 Å². The van der Waals surface area contributed by atoms with E-state index in [1.165, 1.54) is 0 Å². The van der Waals surface area contributed by atoms with Crippen LogP contribution in [0.4, 0.5) is 5.69 Å². The van der Waals surface area contributed by atoms with Crippen LogP contribution >= 0.6 is 11.6 Å². The molecule has 0 bridgehead atoms. The van der Waals surface area contributed by atoms with Crippen LogP contribution in [0.3, 0.4) is 0 Å². The van der Waals surface area contributed by atoms with E-state index in [0.717, 1.165) is 12.0 Å². The van der Waals surface area contributed by atoms with Gasteiger partial charge in [-0.3, -0.25) is 4.79 Å². The van der Waals surface area contributed by atoms with Gasteiger partial charge in [-0.25, -0.2) is 0 Å². The van der Waals surface area contributed by atoms with Crippen molar-refractivity contribution >= 4 is 23.2 Å². The molecule has 0 aromatic heterocycles. The zero-order chi connectivity index (χ0) is 15.1. The van der Waals surface area contributed by atoms with E-state index in [1.54, 1.807) is 12.1 Å². The first-order chi connectivity index (χ1) is 10.1. The molecule has 1 amide bonds. The number of carbonyl (C=O) groups is 1. The Morgan fingerprint density at radius 1 is 1.14 bits per heavy atom. The number of rotatable bonds is 6. The number of hydrogen-bond donors (Lipinski definition) is 2. The van der Waals surface area contributed by atoms with Gasteiger partial charge < -0.3 is 15.8 Å². The van der Waals surface area contributed by atoms with Crippen molar-refractivity contribution in [2.24, 2.45) is 0 Å². The van der Waals surface area contributed by atoms with Gasteiger partial charge in [0.15, 0.2) is 6.61 Å². The highest BCUT2D eigenvalue weighted by molar-refractivity contribution is 6.30. The van der Waals surface area contributed by atoms with E-state index in [2.05, 4.69) is 5.32 Å². The fourth-order valence-corrected chi connectivity index (χ4v) is 1.93. The zero-order valence-electron chi connectivity index (χ0n) is 11.5. The van der Waals surface area contributed by atoms with E-state index in [-0.39, 0.29) is 12.5 Å². The van der Waals surface area contributed by atoms with Gasteiger partial charge in [0.1, 0.15) is 5.75 Å². The molecule has 0 heterocycles. The molecule has 2 rings (SSSR count). The summed E-state index contributed by atoms with van der Waals surface area (Å²) in [5, 5.41) is 3.50. The summed E-state index contributed by atoms with van der Waals surface area (Å²) in [6.45, 7) is 0.503. The summed E-state index contributed by atoms with van der Waals surface area (Å²) in [5.41, 5.74) is 7.37. The zero-order valence-corrected chi connectivity index (χ0v) is 12.3. The lowest BCUT2D eigenvalue weighted by atomic mass is 10.1. The highest BCUT2D eigenvalue weighted by Gasteiger charge is 2.04. The molecule has 2 aromatic carbocycles. The second kappa shape index (κ2) is 7.55. The molecule has 0 saturated heterocycles. The molecule has 0 aliphatic carbocycles. The lowest BCUT2D eigenvalue weighted by molar-refractivity contribution is -0.123. The van der Waals surface area contributed by atoms with Gasteiger partial charge in [0.2, 0.25) is 0 Å². The third-order valence-corrected chi connectivity index (χ3v) is 3.18. The molecule has 0 spiro atoms. The Morgan fingerprint density at radius 2 is 1.86 bits per heavy atom. The van der Waals surface area contributed by atoms with Crippen molar-refractivity contribution in [1.29, 1.82) is 0 Å². The molecule has 2 aromatic rings. The van der Waals surface area contributed by atoms with E-state index < -0.39 is 0 Å². The van der Waals surface area contributed by atoms with Gasteiger partial charge in [0, 0.05) is 11.6 Å². The van der Waals surface area contributed by atoms with Crippen LogP contribution < -0.4 is 15.8 Å². The van der Waals surface area contributed by atoms with Crippen LogP contribution in [0.1, 0.15) is 5.56 Å². The standard InChI is InChI=1S/C16H17ClN2O2/c17-13-7-5-12(6-8-13)9-10-19-16(20)11-21-15-4-2-1-3-14(15)18/h1-8H,9-11,18H2,(H,19,20). The molecule has 0 fully saturated rings. The van der Waals surface area contributed by atoms with Crippen molar-refractivity contribution in [3.05, 3.63) is 59.1 Å². The van der Waals surface area contributed by atoms with Crippen LogP contribution in [0, 0.1) is 0 Å². The number of nitrogens with two attached hydrogens (primary N) is 1. The molecule has 0 radical (unpaired) electrons. The lowest BCUT2D eigenvalue weighted by Crippen LogP contribution is -2.30. The van der Waals surface area contributed by atoms with Crippen LogP contribution in [0.15, 0.2) is 48.5 Å². The number of hydrogen-bond acceptors (Lipinski definition) is 3. The Balaban J connectivity index is 1.70. The first-order valence-corrected chi connectivity index (χ1v) is 7.01. The second-order valence-corrected chi connectivity index (χ2v) is 4.99. The number of anilines is 1. The number of carbonyl (C=O) groups excluding carboxylic acids is 1. The Hall–Kier alpha value is -2.20. The number of para-hydroxylation sites is 2. The molecule has 0 aliphatic rings. The van der Waals surface area contributed by atoms with Gasteiger partial charge in [-0.05, 0) is 36.2 Å². The molecule has 0 unspecified atom stereocenters. The quantitative estimate of drug-likeness (QED) is 0.806. The number of nitrogen functional groups attached to an aromatic ring is 1. The topological polar surface area (TPSA) is 64.3 Å². The monoisotopic (exact) mass is 304 g/mol. The predicted octanol–water partition coefficient (Wildman–Crippen LogP) is 2.66. The fraction of sp³-hybridized carbons (Fsp3) is 0.188. The Morgan fingerprint density at radius 3 is 2.57 bits per heavy atom. The third-order valence-electron chi connectivity index (χ3n) is 2.93. The van der Waals surface area contributed by atoms with Gasteiger partial charge in [0.05, 0.1) is 5.69 Å². The summed E-state index contributed by atoms with van der Waals surface area (Å²) in [5.74, 6) is 0.345. The van der Waals surface area contributed by atoms with Gasteiger partial charge >= 0.3 is 0 Å². The van der Waals surface area contributed by atoms with Crippen molar-refractivity contribution in [1.82, 2.24) is 5.32 Å². The molecule has 4 nitrogen and oxygen atoms in total. The molecular formula is C16H17ClN2O2. The van der Waals surface area contributed by atoms with E-state index in [9.17, 15) is 4.79 Å². The van der Waals surface area contributed by atoms with Crippen molar-refractivity contribution < 1.29 is 9.53 Å². The summed E-state index contributed by atoms with van der Waals surface area (Å²) in [4.78, 5) is 11.7. The number of amides is 1. The van der Waals surface area contributed by atoms with Gasteiger partial charge in [0.25, 0.3) is 5.91 Å². The first kappa shape index (κ1) is 15.2.